The Balaban J connectivity index is 2.39. The molecule has 0 N–H and O–H groups in total. The van der Waals surface area contributed by atoms with E-state index in [0.717, 1.165) is 25.7 Å². The molecule has 0 aliphatic heterocycles. The molecule has 0 saturated heterocycles. The van der Waals surface area contributed by atoms with Gasteiger partial charge in [0.25, 0.3) is 0 Å². The van der Waals surface area contributed by atoms with Crippen LogP contribution in [0.15, 0.2) is 42.5 Å². The van der Waals surface area contributed by atoms with Crippen LogP contribution in [-0.4, -0.2) is 26.2 Å². The Morgan fingerprint density at radius 3 is 2.21 bits per heavy atom. The van der Waals surface area contributed by atoms with Crippen molar-refractivity contribution in [1.29, 1.82) is 0 Å². The minimum Gasteiger partial charge on any atom is -0.496 e. The van der Waals surface area contributed by atoms with E-state index < -0.39 is 7.80 Å². The number of benzene rings is 2. The summed E-state index contributed by atoms with van der Waals surface area (Å²) in [5.74, 6) is 1.08. The second-order valence-corrected chi connectivity index (χ2v) is 8.47. The molecule has 0 spiro atoms. The van der Waals surface area contributed by atoms with Crippen LogP contribution < -0.4 is 14.8 Å². The Hall–Kier alpha value is -2.19. The number of rotatable bonds is 11. The van der Waals surface area contributed by atoms with Crippen LogP contribution in [0.2, 0.25) is 0 Å². The molecular weight excluding hydrogens is 371 g/mol. The predicted molar refractivity (Wildman–Crippen MR) is 115 cm³/mol. The van der Waals surface area contributed by atoms with Crippen molar-refractivity contribution in [2.75, 3.05) is 20.4 Å². The van der Waals surface area contributed by atoms with Gasteiger partial charge in [0.1, 0.15) is 24.9 Å². The van der Waals surface area contributed by atoms with Crippen LogP contribution in [0.1, 0.15) is 55.5 Å². The normalized spacial score (nSPS) is 12.4. The molecule has 0 heterocycles. The molecule has 2 aromatic rings. The van der Waals surface area contributed by atoms with Gasteiger partial charge in [0.15, 0.2) is 0 Å². The van der Waals surface area contributed by atoms with E-state index in [-0.39, 0.29) is 5.78 Å². The summed E-state index contributed by atoms with van der Waals surface area (Å²) >= 11 is 0. The van der Waals surface area contributed by atoms with Crippen LogP contribution in [0.5, 0.6) is 11.5 Å². The Labute approximate surface area is 169 Å². The molecule has 1 radical (unpaired) electrons. The summed E-state index contributed by atoms with van der Waals surface area (Å²) < 4.78 is 23.9. The van der Waals surface area contributed by atoms with E-state index in [1.54, 1.807) is 36.4 Å². The van der Waals surface area contributed by atoms with E-state index in [1.165, 1.54) is 14.2 Å². The lowest BCUT2D eigenvalue weighted by molar-refractivity contribution is 0.103. The van der Waals surface area contributed by atoms with Gasteiger partial charge in [0, 0.05) is 17.0 Å². The summed E-state index contributed by atoms with van der Waals surface area (Å²) in [6.45, 7) is 4.31. The summed E-state index contributed by atoms with van der Waals surface area (Å²) in [6.07, 6.45) is 4.96. The number of ether oxygens (including phenoxy) is 2. The molecule has 0 fully saturated rings. The fourth-order valence-corrected chi connectivity index (χ4v) is 5.15. The van der Waals surface area contributed by atoms with Gasteiger partial charge in [-0.1, -0.05) is 51.3 Å². The standard InChI is InChI=1S/C23H30O4P/c1-5-7-11-17(6-2)16-28(25)21-15-9-8-12-18(21)23(24)22-19(26-3)13-10-14-20(22)27-4/h8-10,12-15,17H,5-7,11,16H2,1-4H3. The number of ketones is 1. The second kappa shape index (κ2) is 11.0. The Kier molecular flexibility index (Phi) is 8.66. The summed E-state index contributed by atoms with van der Waals surface area (Å²) in [4.78, 5) is 13.4. The number of carbonyl (C=O) groups excluding carboxylic acids is 1. The van der Waals surface area contributed by atoms with Gasteiger partial charge in [0.2, 0.25) is 5.78 Å². The van der Waals surface area contributed by atoms with Gasteiger partial charge in [-0.3, -0.25) is 9.36 Å². The first-order valence-electron chi connectivity index (χ1n) is 9.86. The van der Waals surface area contributed by atoms with Crippen LogP contribution in [0, 0.1) is 5.92 Å². The Morgan fingerprint density at radius 2 is 1.64 bits per heavy atom. The van der Waals surface area contributed by atoms with Gasteiger partial charge in [-0.05, 0) is 36.6 Å². The third-order valence-electron chi connectivity index (χ3n) is 5.04. The summed E-state index contributed by atoms with van der Waals surface area (Å²) in [5, 5.41) is 0.616. The van der Waals surface area contributed by atoms with E-state index in [2.05, 4.69) is 13.8 Å². The molecule has 2 atom stereocenters. The van der Waals surface area contributed by atoms with Crippen LogP contribution in [0.4, 0.5) is 0 Å². The van der Waals surface area contributed by atoms with E-state index in [9.17, 15) is 9.36 Å². The maximum Gasteiger partial charge on any atom is 0.201 e. The van der Waals surface area contributed by atoms with Crippen LogP contribution in [-0.2, 0) is 4.57 Å². The van der Waals surface area contributed by atoms with Crippen molar-refractivity contribution < 1.29 is 18.8 Å². The molecule has 2 rings (SSSR count). The molecule has 0 aliphatic rings. The molecule has 2 aromatic carbocycles. The molecule has 5 heteroatoms. The smallest absolute Gasteiger partial charge is 0.201 e. The Morgan fingerprint density at radius 1 is 1.00 bits per heavy atom. The first-order chi connectivity index (χ1) is 13.6. The highest BCUT2D eigenvalue weighted by Gasteiger charge is 2.24. The van der Waals surface area contributed by atoms with E-state index in [1.807, 2.05) is 6.07 Å². The zero-order valence-corrected chi connectivity index (χ0v) is 18.1. The van der Waals surface area contributed by atoms with Gasteiger partial charge < -0.3 is 9.47 Å². The average Bonchev–Trinajstić information content (AvgIpc) is 2.75. The van der Waals surface area contributed by atoms with Crippen LogP contribution >= 0.6 is 7.80 Å². The molecule has 4 nitrogen and oxygen atoms in total. The molecule has 2 unspecified atom stereocenters. The van der Waals surface area contributed by atoms with E-state index >= 15 is 0 Å². The minimum absolute atomic E-state index is 0.227. The average molecular weight is 401 g/mol. The van der Waals surface area contributed by atoms with E-state index in [4.69, 9.17) is 9.47 Å². The van der Waals surface area contributed by atoms with Crippen molar-refractivity contribution in [1.82, 2.24) is 0 Å². The minimum atomic E-state index is -1.66. The molecule has 0 aliphatic carbocycles. The Bertz CT molecular complexity index is 794. The highest BCUT2D eigenvalue weighted by atomic mass is 31.1. The number of carbonyl (C=O) groups is 1. The highest BCUT2D eigenvalue weighted by Crippen LogP contribution is 2.34. The molecule has 28 heavy (non-hydrogen) atoms. The summed E-state index contributed by atoms with van der Waals surface area (Å²) in [6, 6.07) is 12.4. The lowest BCUT2D eigenvalue weighted by atomic mass is 10.0. The second-order valence-electron chi connectivity index (χ2n) is 6.86. The van der Waals surface area contributed by atoms with Gasteiger partial charge in [-0.25, -0.2) is 0 Å². The fourth-order valence-electron chi connectivity index (χ4n) is 3.34. The first kappa shape index (κ1) is 22.1. The number of unbranched alkanes of at least 4 members (excludes halogenated alkanes) is 1. The number of hydrogen-bond acceptors (Lipinski definition) is 4. The van der Waals surface area contributed by atoms with Crippen molar-refractivity contribution >= 4 is 18.9 Å². The topological polar surface area (TPSA) is 52.6 Å². The molecular formula is C23H30O4P. The van der Waals surface area contributed by atoms with Gasteiger partial charge >= 0.3 is 0 Å². The molecule has 0 amide bonds. The lowest BCUT2D eigenvalue weighted by Gasteiger charge is -2.16. The monoisotopic (exact) mass is 401 g/mol. The van der Waals surface area contributed by atoms with Crippen molar-refractivity contribution in [3.8, 4) is 11.5 Å². The summed E-state index contributed by atoms with van der Waals surface area (Å²) in [5.41, 5.74) is 0.818. The van der Waals surface area contributed by atoms with Crippen molar-refractivity contribution in [2.24, 2.45) is 5.92 Å². The van der Waals surface area contributed by atoms with Crippen molar-refractivity contribution in [3.05, 3.63) is 53.6 Å². The summed E-state index contributed by atoms with van der Waals surface area (Å²) in [7, 11) is 1.39. The third kappa shape index (κ3) is 5.20. The first-order valence-corrected chi connectivity index (χ1v) is 11.3. The fraction of sp³-hybridized carbons (Fsp3) is 0.435. The van der Waals surface area contributed by atoms with Crippen LogP contribution in [0.25, 0.3) is 0 Å². The third-order valence-corrected chi connectivity index (χ3v) is 6.81. The zero-order chi connectivity index (χ0) is 20.5. The highest BCUT2D eigenvalue weighted by molar-refractivity contribution is 7.53. The van der Waals surface area contributed by atoms with Gasteiger partial charge in [-0.15, -0.1) is 0 Å². The predicted octanol–water partition coefficient (Wildman–Crippen LogP) is 5.60. The molecule has 151 valence electrons. The lowest BCUT2D eigenvalue weighted by Crippen LogP contribution is -2.17. The maximum atomic E-state index is 13.4. The maximum absolute atomic E-state index is 13.4. The number of hydrogen-bond donors (Lipinski definition) is 0. The van der Waals surface area contributed by atoms with Crippen molar-refractivity contribution in [3.63, 3.8) is 0 Å². The number of methoxy groups -OCH3 is 2. The quantitative estimate of drug-likeness (QED) is 0.363. The zero-order valence-electron chi connectivity index (χ0n) is 17.2. The molecule has 0 saturated carbocycles. The largest absolute Gasteiger partial charge is 0.496 e. The SMILES string of the molecule is CCCCC(CC)C[P](=O)c1ccccc1C(=O)c1c(OC)cccc1OC. The van der Waals surface area contributed by atoms with E-state index in [0.29, 0.717) is 40.0 Å². The van der Waals surface area contributed by atoms with Crippen LogP contribution in [0.3, 0.4) is 0 Å². The van der Waals surface area contributed by atoms with Gasteiger partial charge in [0.05, 0.1) is 14.2 Å². The molecule has 0 bridgehead atoms. The molecule has 0 aromatic heterocycles. The van der Waals surface area contributed by atoms with Gasteiger partial charge in [-0.2, -0.15) is 0 Å². The van der Waals surface area contributed by atoms with Crippen molar-refractivity contribution in [2.45, 2.75) is 39.5 Å².